The SMILES string of the molecule is COC(=O)[C@H](O)CN(Cc1ccc(Br)cc1)NB(C)O.COC(=O)[C@H]1CO1. The maximum atomic E-state index is 11.2. The lowest BCUT2D eigenvalue weighted by Crippen LogP contribution is -2.50. The van der Waals surface area contributed by atoms with Crippen molar-refractivity contribution in [1.82, 2.24) is 10.3 Å². The molecule has 1 heterocycles. The lowest BCUT2D eigenvalue weighted by molar-refractivity contribution is -0.151. The van der Waals surface area contributed by atoms with E-state index in [0.29, 0.717) is 13.2 Å². The van der Waals surface area contributed by atoms with E-state index in [1.807, 2.05) is 24.3 Å². The Bertz CT molecular complexity index is 599. The second kappa shape index (κ2) is 12.1. The Labute approximate surface area is 166 Å². The number of aliphatic hydroxyl groups excluding tert-OH is 1. The van der Waals surface area contributed by atoms with Gasteiger partial charge in [-0.15, -0.1) is 0 Å². The lowest BCUT2D eigenvalue weighted by Gasteiger charge is -2.25. The summed E-state index contributed by atoms with van der Waals surface area (Å²) in [5.41, 5.74) is 0.971. The van der Waals surface area contributed by atoms with Crippen molar-refractivity contribution in [3.8, 4) is 0 Å². The molecule has 0 aromatic heterocycles. The third-order valence-corrected chi connectivity index (χ3v) is 3.85. The van der Waals surface area contributed by atoms with Gasteiger partial charge in [-0.2, -0.15) is 0 Å². The molecule has 1 fully saturated rings. The normalized spacial score (nSPS) is 16.0. The Kier molecular flexibility index (Phi) is 10.5. The fraction of sp³-hybridized carbons (Fsp3) is 0.500. The minimum absolute atomic E-state index is 0.00758. The van der Waals surface area contributed by atoms with E-state index in [9.17, 15) is 19.7 Å². The Morgan fingerprint density at radius 1 is 1.37 bits per heavy atom. The molecule has 1 saturated heterocycles. The largest absolute Gasteiger partial charge is 0.467 e. The number of hydrogen-bond acceptors (Lipinski definition) is 9. The van der Waals surface area contributed by atoms with Crippen molar-refractivity contribution in [2.75, 3.05) is 27.4 Å². The molecule has 0 unspecified atom stereocenters. The van der Waals surface area contributed by atoms with Gasteiger partial charge in [0.15, 0.2) is 12.2 Å². The molecular formula is C16H24BBrN2O7. The number of nitrogens with one attached hydrogen (secondary N) is 1. The molecule has 0 radical (unpaired) electrons. The highest BCUT2D eigenvalue weighted by molar-refractivity contribution is 9.10. The van der Waals surface area contributed by atoms with E-state index >= 15 is 0 Å². The maximum absolute atomic E-state index is 11.2. The molecule has 11 heteroatoms. The molecule has 1 aromatic carbocycles. The molecule has 2 atom stereocenters. The quantitative estimate of drug-likeness (QED) is 0.218. The molecule has 3 N–H and O–H groups in total. The molecule has 0 spiro atoms. The molecule has 0 amide bonds. The van der Waals surface area contributed by atoms with Crippen molar-refractivity contribution in [3.05, 3.63) is 34.3 Å². The maximum Gasteiger partial charge on any atom is 0.388 e. The van der Waals surface area contributed by atoms with Gasteiger partial charge >= 0.3 is 19.0 Å². The summed E-state index contributed by atoms with van der Waals surface area (Å²) in [6.07, 6.45) is -1.52. The predicted molar refractivity (Wildman–Crippen MR) is 101 cm³/mol. The first-order valence-corrected chi connectivity index (χ1v) is 8.95. The van der Waals surface area contributed by atoms with E-state index in [1.165, 1.54) is 14.2 Å². The highest BCUT2D eigenvalue weighted by Gasteiger charge is 2.31. The zero-order valence-electron chi connectivity index (χ0n) is 15.4. The van der Waals surface area contributed by atoms with Crippen molar-refractivity contribution in [2.24, 2.45) is 0 Å². The Morgan fingerprint density at radius 2 is 1.96 bits per heavy atom. The number of rotatable bonds is 8. The van der Waals surface area contributed by atoms with Crippen molar-refractivity contribution in [3.63, 3.8) is 0 Å². The van der Waals surface area contributed by atoms with Crippen molar-refractivity contribution in [1.29, 1.82) is 0 Å². The van der Waals surface area contributed by atoms with Gasteiger partial charge in [0.1, 0.15) is 0 Å². The van der Waals surface area contributed by atoms with Crippen LogP contribution >= 0.6 is 15.9 Å². The Balaban J connectivity index is 0.000000433. The minimum atomic E-state index is -1.28. The highest BCUT2D eigenvalue weighted by atomic mass is 79.9. The van der Waals surface area contributed by atoms with Crippen LogP contribution in [0.15, 0.2) is 28.7 Å². The smallest absolute Gasteiger partial charge is 0.388 e. The van der Waals surface area contributed by atoms with Gasteiger partial charge in [-0.05, 0) is 24.5 Å². The van der Waals surface area contributed by atoms with Crippen LogP contribution in [0.2, 0.25) is 6.82 Å². The molecule has 1 aliphatic rings. The second-order valence-electron chi connectivity index (χ2n) is 5.70. The molecule has 27 heavy (non-hydrogen) atoms. The lowest BCUT2D eigenvalue weighted by atomic mass is 9.91. The number of nitrogens with zero attached hydrogens (tertiary/aromatic N) is 1. The summed E-state index contributed by atoms with van der Waals surface area (Å²) in [6, 6.07) is 7.61. The van der Waals surface area contributed by atoms with E-state index in [4.69, 9.17) is 0 Å². The monoisotopic (exact) mass is 446 g/mol. The van der Waals surface area contributed by atoms with Crippen LogP contribution in [0.25, 0.3) is 0 Å². The molecule has 1 aliphatic heterocycles. The van der Waals surface area contributed by atoms with Gasteiger partial charge in [0.05, 0.1) is 20.8 Å². The summed E-state index contributed by atoms with van der Waals surface area (Å²) in [5, 5.41) is 23.4. The minimum Gasteiger partial charge on any atom is -0.467 e. The van der Waals surface area contributed by atoms with Gasteiger partial charge in [0.25, 0.3) is 0 Å². The molecule has 2 rings (SSSR count). The molecule has 0 bridgehead atoms. The average Bonchev–Trinajstić information content (AvgIpc) is 3.47. The molecule has 0 aliphatic carbocycles. The summed E-state index contributed by atoms with van der Waals surface area (Å²) in [6.45, 7) is 2.52. The van der Waals surface area contributed by atoms with Crippen LogP contribution in [-0.4, -0.2) is 73.7 Å². The van der Waals surface area contributed by atoms with Crippen LogP contribution < -0.4 is 5.34 Å². The summed E-state index contributed by atoms with van der Waals surface area (Å²) < 4.78 is 14.3. The summed E-state index contributed by atoms with van der Waals surface area (Å²) >= 11 is 3.35. The first kappa shape index (κ1) is 23.5. The van der Waals surface area contributed by atoms with E-state index in [0.717, 1.165) is 10.0 Å². The van der Waals surface area contributed by atoms with Gasteiger partial charge in [-0.3, -0.25) is 5.34 Å². The first-order valence-electron chi connectivity index (χ1n) is 8.15. The van der Waals surface area contributed by atoms with Crippen LogP contribution in [0.4, 0.5) is 0 Å². The number of epoxide rings is 1. The number of halogens is 1. The third kappa shape index (κ3) is 9.85. The summed E-state index contributed by atoms with van der Waals surface area (Å²) in [7, 11) is 1.77. The topological polar surface area (TPSA) is 121 Å². The van der Waals surface area contributed by atoms with Crippen molar-refractivity contribution >= 4 is 34.9 Å². The van der Waals surface area contributed by atoms with Crippen LogP contribution in [0.5, 0.6) is 0 Å². The molecule has 0 saturated carbocycles. The third-order valence-electron chi connectivity index (χ3n) is 3.32. The number of methoxy groups -OCH3 is 2. The second-order valence-corrected chi connectivity index (χ2v) is 6.61. The van der Waals surface area contributed by atoms with Gasteiger partial charge in [-0.1, -0.05) is 28.1 Å². The number of hydrogen-bond donors (Lipinski definition) is 3. The number of carbonyl (C=O) groups is 2. The Morgan fingerprint density at radius 3 is 2.37 bits per heavy atom. The zero-order valence-corrected chi connectivity index (χ0v) is 17.0. The number of benzene rings is 1. The van der Waals surface area contributed by atoms with Gasteiger partial charge in [0.2, 0.25) is 0 Å². The van der Waals surface area contributed by atoms with Crippen LogP contribution in [0.1, 0.15) is 5.56 Å². The zero-order chi connectivity index (χ0) is 20.4. The summed E-state index contributed by atoms with van der Waals surface area (Å²) in [4.78, 5) is 21.5. The van der Waals surface area contributed by atoms with E-state index < -0.39 is 19.1 Å². The van der Waals surface area contributed by atoms with E-state index in [-0.39, 0.29) is 18.6 Å². The van der Waals surface area contributed by atoms with Crippen molar-refractivity contribution < 1.29 is 33.9 Å². The number of hydrazine groups is 1. The fourth-order valence-corrected chi connectivity index (χ4v) is 2.24. The number of esters is 2. The average molecular weight is 447 g/mol. The predicted octanol–water partition coefficient (Wildman–Crippen LogP) is -0.0419. The Hall–Kier alpha value is -1.50. The van der Waals surface area contributed by atoms with Crippen LogP contribution in [-0.2, 0) is 30.3 Å². The number of aliphatic hydroxyl groups is 1. The number of ether oxygens (including phenoxy) is 3. The highest BCUT2D eigenvalue weighted by Crippen LogP contribution is 2.12. The number of carbonyl (C=O) groups excluding carboxylic acids is 2. The standard InChI is InChI=1S/C12H18BBrN2O4.C4H6O3/c1-13(19)15-16(8-11(17)12(18)20-2)7-9-3-5-10(14)6-4-9;1-6-4(5)3-2-7-3/h3-6,11,15,17,19H,7-8H2,1-2H3;3H,2H2,1H3/t11-;3-/m11/s1. The first-order chi connectivity index (χ1) is 12.8. The van der Waals surface area contributed by atoms with Crippen LogP contribution in [0.3, 0.4) is 0 Å². The fourth-order valence-electron chi connectivity index (χ4n) is 1.97. The van der Waals surface area contributed by atoms with Crippen molar-refractivity contribution in [2.45, 2.75) is 25.6 Å². The van der Waals surface area contributed by atoms with Crippen LogP contribution in [0, 0.1) is 0 Å². The van der Waals surface area contributed by atoms with E-state index in [1.54, 1.807) is 11.8 Å². The summed E-state index contributed by atoms with van der Waals surface area (Å²) in [5.74, 6) is -0.974. The van der Waals surface area contributed by atoms with Gasteiger partial charge in [0, 0.05) is 17.6 Å². The molecule has 9 nitrogen and oxygen atoms in total. The van der Waals surface area contributed by atoms with E-state index in [2.05, 4.69) is 35.5 Å². The molecule has 150 valence electrons. The van der Waals surface area contributed by atoms with Gasteiger partial charge < -0.3 is 24.3 Å². The van der Waals surface area contributed by atoms with Gasteiger partial charge in [-0.25, -0.2) is 14.6 Å². The molecular weight excluding hydrogens is 423 g/mol. The molecule has 1 aromatic rings.